The van der Waals surface area contributed by atoms with Crippen molar-refractivity contribution in [3.05, 3.63) is 71.8 Å². The van der Waals surface area contributed by atoms with Crippen LogP contribution in [-0.4, -0.2) is 27.3 Å². The summed E-state index contributed by atoms with van der Waals surface area (Å²) >= 11 is 0. The monoisotopic (exact) mass is 360 g/mol. The summed E-state index contributed by atoms with van der Waals surface area (Å²) in [6, 6.07) is 13.3. The smallest absolute Gasteiger partial charge is 0.317 e. The minimum absolute atomic E-state index is 0.193. The fraction of sp³-hybridized carbons (Fsp3) is 0.143. The maximum Gasteiger partial charge on any atom is 0.322 e. The number of carbonyl (C=O) groups is 1. The molecule has 0 aliphatic carbocycles. The molecule has 0 unspecified atom stereocenters. The van der Waals surface area contributed by atoms with Crippen molar-refractivity contribution < 1.29 is 9.18 Å². The summed E-state index contributed by atoms with van der Waals surface area (Å²) in [4.78, 5) is 14.4. The highest BCUT2D eigenvalue weighted by molar-refractivity contribution is 5.89. The van der Waals surface area contributed by atoms with Crippen molar-refractivity contribution in [1.29, 1.82) is 0 Å². The number of carbonyl (C=O) groups excluding carboxylic acids is 1. The van der Waals surface area contributed by atoms with Gasteiger partial charge in [-0.25, -0.2) is 9.18 Å². The third-order valence-corrected chi connectivity index (χ3v) is 4.59. The van der Waals surface area contributed by atoms with Gasteiger partial charge in [0.15, 0.2) is 0 Å². The molecule has 0 atom stereocenters. The molecule has 2 aromatic carbocycles. The summed E-state index contributed by atoms with van der Waals surface area (Å²) in [5.74, 6) is 2.27. The first-order chi connectivity index (χ1) is 13.1. The van der Waals surface area contributed by atoms with Crippen LogP contribution in [0.5, 0.6) is 0 Å². The number of amides is 2. The Labute approximate surface area is 156 Å². The molecule has 3 aromatic rings. The fourth-order valence-corrected chi connectivity index (χ4v) is 3.18. The predicted octanol–water partition coefficient (Wildman–Crippen LogP) is 3.72. The number of urea groups is 1. The van der Waals surface area contributed by atoms with Crippen molar-refractivity contribution >= 4 is 11.7 Å². The van der Waals surface area contributed by atoms with E-state index in [0.29, 0.717) is 30.9 Å². The molecule has 1 aromatic heterocycles. The molecule has 1 aliphatic heterocycles. The highest BCUT2D eigenvalue weighted by atomic mass is 19.1. The van der Waals surface area contributed by atoms with Crippen LogP contribution in [0.4, 0.5) is 14.9 Å². The van der Waals surface area contributed by atoms with Crippen molar-refractivity contribution in [1.82, 2.24) is 14.7 Å². The molecule has 0 spiro atoms. The van der Waals surface area contributed by atoms with Crippen molar-refractivity contribution in [3.63, 3.8) is 0 Å². The number of fused-ring (bicyclic) bond motifs is 1. The number of terminal acetylenes is 1. The van der Waals surface area contributed by atoms with Crippen LogP contribution in [0.3, 0.4) is 0 Å². The molecule has 0 saturated heterocycles. The third kappa shape index (κ3) is 3.40. The van der Waals surface area contributed by atoms with E-state index < -0.39 is 0 Å². The molecule has 0 fully saturated rings. The molecule has 0 bridgehead atoms. The van der Waals surface area contributed by atoms with Gasteiger partial charge in [-0.15, -0.1) is 6.42 Å². The number of aromatic nitrogens is 2. The molecule has 134 valence electrons. The molecule has 6 heteroatoms. The average Bonchev–Trinajstić information content (AvgIpc) is 3.12. The highest BCUT2D eigenvalue weighted by Crippen LogP contribution is 2.27. The Morgan fingerprint density at radius 1 is 1.19 bits per heavy atom. The van der Waals surface area contributed by atoms with Crippen molar-refractivity contribution in [2.24, 2.45) is 0 Å². The normalized spacial score (nSPS) is 13.0. The van der Waals surface area contributed by atoms with Crippen LogP contribution >= 0.6 is 0 Å². The lowest BCUT2D eigenvalue weighted by Crippen LogP contribution is -2.41. The minimum atomic E-state index is -0.282. The molecular formula is C21H17FN4O. The maximum atomic E-state index is 13.2. The van der Waals surface area contributed by atoms with Gasteiger partial charge < -0.3 is 10.2 Å². The lowest BCUT2D eigenvalue weighted by molar-refractivity contribution is 0.194. The number of hydrogen-bond donors (Lipinski definition) is 1. The van der Waals surface area contributed by atoms with Gasteiger partial charge in [0.25, 0.3) is 0 Å². The van der Waals surface area contributed by atoms with Gasteiger partial charge in [0, 0.05) is 23.4 Å². The van der Waals surface area contributed by atoms with Crippen LogP contribution in [0.25, 0.3) is 11.1 Å². The Morgan fingerprint density at radius 3 is 2.78 bits per heavy atom. The van der Waals surface area contributed by atoms with E-state index in [-0.39, 0.29) is 11.8 Å². The van der Waals surface area contributed by atoms with Gasteiger partial charge >= 0.3 is 6.03 Å². The molecule has 27 heavy (non-hydrogen) atoms. The van der Waals surface area contributed by atoms with Gasteiger partial charge in [0.1, 0.15) is 5.82 Å². The van der Waals surface area contributed by atoms with Crippen LogP contribution < -0.4 is 5.32 Å². The van der Waals surface area contributed by atoms with Crippen molar-refractivity contribution in [3.8, 4) is 23.5 Å². The largest absolute Gasteiger partial charge is 0.322 e. The molecule has 4 rings (SSSR count). The second kappa shape index (κ2) is 6.96. The van der Waals surface area contributed by atoms with E-state index in [1.54, 1.807) is 35.4 Å². The number of rotatable bonds is 2. The van der Waals surface area contributed by atoms with Crippen LogP contribution in [-0.2, 0) is 13.1 Å². The number of halogens is 1. The summed E-state index contributed by atoms with van der Waals surface area (Å²) in [5.41, 5.74) is 4.08. The van der Waals surface area contributed by atoms with E-state index in [2.05, 4.69) is 16.3 Å². The van der Waals surface area contributed by atoms with Gasteiger partial charge in [-0.2, -0.15) is 5.10 Å². The maximum absolute atomic E-state index is 13.2. The molecule has 1 aliphatic rings. The van der Waals surface area contributed by atoms with Crippen LogP contribution in [0.2, 0.25) is 0 Å². The van der Waals surface area contributed by atoms with E-state index >= 15 is 0 Å². The zero-order valence-corrected chi connectivity index (χ0v) is 14.5. The van der Waals surface area contributed by atoms with E-state index in [4.69, 9.17) is 6.42 Å². The zero-order valence-electron chi connectivity index (χ0n) is 14.5. The molecule has 5 nitrogen and oxygen atoms in total. The van der Waals surface area contributed by atoms with Crippen molar-refractivity contribution in [2.75, 3.05) is 11.9 Å². The third-order valence-electron chi connectivity index (χ3n) is 4.59. The van der Waals surface area contributed by atoms with E-state index in [0.717, 1.165) is 16.8 Å². The van der Waals surface area contributed by atoms with E-state index in [1.807, 2.05) is 16.8 Å². The Hall–Kier alpha value is -3.59. The van der Waals surface area contributed by atoms with Gasteiger partial charge in [-0.1, -0.05) is 24.1 Å². The first-order valence-corrected chi connectivity index (χ1v) is 8.57. The zero-order chi connectivity index (χ0) is 18.8. The van der Waals surface area contributed by atoms with Gasteiger partial charge in [-0.05, 0) is 35.9 Å². The molecule has 0 saturated carbocycles. The minimum Gasteiger partial charge on any atom is -0.317 e. The average molecular weight is 360 g/mol. The number of hydrogen-bond acceptors (Lipinski definition) is 2. The predicted molar refractivity (Wildman–Crippen MR) is 101 cm³/mol. The Morgan fingerprint density at radius 2 is 2.00 bits per heavy atom. The molecule has 1 N–H and O–H groups in total. The number of benzene rings is 2. The lowest BCUT2D eigenvalue weighted by Gasteiger charge is -2.28. The van der Waals surface area contributed by atoms with Crippen LogP contribution in [0.15, 0.2) is 54.7 Å². The number of nitrogens with one attached hydrogen (secondary N) is 1. The van der Waals surface area contributed by atoms with E-state index in [1.165, 1.54) is 12.1 Å². The first kappa shape index (κ1) is 16.9. The summed E-state index contributed by atoms with van der Waals surface area (Å²) in [6.45, 7) is 1.58. The fourth-order valence-electron chi connectivity index (χ4n) is 3.18. The topological polar surface area (TPSA) is 50.2 Å². The summed E-state index contributed by atoms with van der Waals surface area (Å²) in [6.07, 6.45) is 7.17. The van der Waals surface area contributed by atoms with Crippen LogP contribution in [0, 0.1) is 18.2 Å². The van der Waals surface area contributed by atoms with E-state index in [9.17, 15) is 9.18 Å². The second-order valence-corrected chi connectivity index (χ2v) is 6.31. The number of nitrogens with zero attached hydrogens (tertiary/aromatic N) is 3. The quantitative estimate of drug-likeness (QED) is 0.708. The van der Waals surface area contributed by atoms with Crippen LogP contribution in [0.1, 0.15) is 11.3 Å². The standard InChI is InChI=1S/C21H17FN4O/c1-2-15-4-3-5-18(12-15)24-21(27)25-10-11-26-20(14-25)19(13-23-26)16-6-8-17(22)9-7-16/h1,3-9,12-13H,10-11,14H2,(H,24,27). The highest BCUT2D eigenvalue weighted by Gasteiger charge is 2.24. The summed E-state index contributed by atoms with van der Waals surface area (Å²) < 4.78 is 15.1. The second-order valence-electron chi connectivity index (χ2n) is 6.31. The molecule has 0 radical (unpaired) electrons. The lowest BCUT2D eigenvalue weighted by atomic mass is 10.1. The first-order valence-electron chi connectivity index (χ1n) is 8.57. The SMILES string of the molecule is C#Cc1cccc(NC(=O)N2CCn3ncc(-c4ccc(F)cc4)c3C2)c1. The number of anilines is 1. The van der Waals surface area contributed by atoms with Gasteiger partial charge in [-0.3, -0.25) is 4.68 Å². The van der Waals surface area contributed by atoms with Gasteiger partial charge in [0.05, 0.1) is 25.0 Å². The summed E-state index contributed by atoms with van der Waals surface area (Å²) in [5, 5.41) is 7.29. The molecule has 2 heterocycles. The molecular weight excluding hydrogens is 343 g/mol. The van der Waals surface area contributed by atoms with Crippen molar-refractivity contribution in [2.45, 2.75) is 13.1 Å². The Bertz CT molecular complexity index is 1030. The Balaban J connectivity index is 1.54. The van der Waals surface area contributed by atoms with Gasteiger partial charge in [0.2, 0.25) is 0 Å². The Kier molecular flexibility index (Phi) is 4.35. The summed E-state index contributed by atoms with van der Waals surface area (Å²) in [7, 11) is 0. The molecule has 2 amide bonds.